The zero-order valence-corrected chi connectivity index (χ0v) is 11.3. The molecule has 0 bridgehead atoms. The van der Waals surface area contributed by atoms with Gasteiger partial charge in [-0.3, -0.25) is 10.1 Å². The Hall–Kier alpha value is -1.33. The fraction of sp³-hybridized carbons (Fsp3) is 0.538. The summed E-state index contributed by atoms with van der Waals surface area (Å²) >= 11 is 5.97. The van der Waals surface area contributed by atoms with Crippen LogP contribution in [0.25, 0.3) is 0 Å². The fourth-order valence-corrected chi connectivity index (χ4v) is 2.49. The molecule has 1 aromatic carbocycles. The first-order chi connectivity index (χ1) is 9.13. The lowest BCUT2D eigenvalue weighted by molar-refractivity contribution is -0.384. The smallest absolute Gasteiger partial charge is 0.292 e. The lowest BCUT2D eigenvalue weighted by Gasteiger charge is -2.39. The first-order valence-corrected chi connectivity index (χ1v) is 6.82. The monoisotopic (exact) mass is 284 g/mol. The summed E-state index contributed by atoms with van der Waals surface area (Å²) in [5.74, 6) is 0. The van der Waals surface area contributed by atoms with Crippen LogP contribution in [0.3, 0.4) is 0 Å². The molecule has 1 aliphatic carbocycles. The number of rotatable bonds is 6. The quantitative estimate of drug-likeness (QED) is 0.644. The molecule has 0 atom stereocenters. The molecule has 0 amide bonds. The van der Waals surface area contributed by atoms with Gasteiger partial charge in [0.25, 0.3) is 5.69 Å². The summed E-state index contributed by atoms with van der Waals surface area (Å²) in [5, 5.41) is 20.6. The number of hydrogen-bond donors (Lipinski definition) is 1. The van der Waals surface area contributed by atoms with E-state index in [9.17, 15) is 10.1 Å². The van der Waals surface area contributed by atoms with Gasteiger partial charge in [-0.25, -0.2) is 0 Å². The Labute approximate surface area is 116 Å². The average Bonchev–Trinajstić information content (AvgIpc) is 2.31. The van der Waals surface area contributed by atoms with Gasteiger partial charge >= 0.3 is 0 Å². The van der Waals surface area contributed by atoms with Gasteiger partial charge in [0.1, 0.15) is 5.69 Å². The predicted molar refractivity (Wildman–Crippen MR) is 74.8 cm³/mol. The van der Waals surface area contributed by atoms with Crippen LogP contribution in [-0.2, 0) is 0 Å². The Bertz CT molecular complexity index is 463. The lowest BCUT2D eigenvalue weighted by Crippen LogP contribution is -2.41. The summed E-state index contributed by atoms with van der Waals surface area (Å²) in [6, 6.07) is 4.95. The van der Waals surface area contributed by atoms with Crippen molar-refractivity contribution in [3.63, 3.8) is 0 Å². The van der Waals surface area contributed by atoms with E-state index in [2.05, 4.69) is 0 Å². The van der Waals surface area contributed by atoms with Crippen molar-refractivity contribution in [3.8, 4) is 0 Å². The molecule has 0 aliphatic heterocycles. The van der Waals surface area contributed by atoms with Crippen LogP contribution in [0.2, 0.25) is 5.02 Å². The Kier molecular flexibility index (Phi) is 4.61. The molecule has 0 unspecified atom stereocenters. The van der Waals surface area contributed by atoms with E-state index >= 15 is 0 Å². The Morgan fingerprint density at radius 1 is 1.47 bits per heavy atom. The summed E-state index contributed by atoms with van der Waals surface area (Å²) in [4.78, 5) is 12.8. The molecular formula is C13H17ClN2O3. The van der Waals surface area contributed by atoms with Crippen LogP contribution >= 0.6 is 11.6 Å². The third-order valence-corrected chi connectivity index (χ3v) is 3.75. The van der Waals surface area contributed by atoms with Gasteiger partial charge in [0, 0.05) is 30.3 Å². The van der Waals surface area contributed by atoms with Crippen LogP contribution in [0.5, 0.6) is 0 Å². The molecule has 1 fully saturated rings. The maximum absolute atomic E-state index is 11.1. The van der Waals surface area contributed by atoms with E-state index in [1.54, 1.807) is 6.07 Å². The summed E-state index contributed by atoms with van der Waals surface area (Å²) in [6.45, 7) is 0.694. The molecule has 19 heavy (non-hydrogen) atoms. The third kappa shape index (κ3) is 3.16. The highest BCUT2D eigenvalue weighted by Crippen LogP contribution is 2.36. The molecule has 2 rings (SSSR count). The molecule has 6 heteroatoms. The van der Waals surface area contributed by atoms with Crippen molar-refractivity contribution in [1.82, 2.24) is 0 Å². The van der Waals surface area contributed by atoms with Gasteiger partial charge in [0.05, 0.1) is 4.92 Å². The van der Waals surface area contributed by atoms with Crippen molar-refractivity contribution in [2.24, 2.45) is 0 Å². The minimum Gasteiger partial charge on any atom is -0.396 e. The highest BCUT2D eigenvalue weighted by molar-refractivity contribution is 6.31. The second-order valence-corrected chi connectivity index (χ2v) is 5.18. The average molecular weight is 285 g/mol. The zero-order chi connectivity index (χ0) is 13.8. The van der Waals surface area contributed by atoms with Gasteiger partial charge in [-0.2, -0.15) is 0 Å². The summed E-state index contributed by atoms with van der Waals surface area (Å²) in [6.07, 6.45) is 3.82. The standard InChI is InChI=1S/C13H17ClN2O3/c14-10-5-6-12(16(18)19)13(9-10)15(7-2-8-17)11-3-1-4-11/h5-6,9,11,17H,1-4,7-8H2. The van der Waals surface area contributed by atoms with Crippen LogP contribution in [0, 0.1) is 10.1 Å². The van der Waals surface area contributed by atoms with Gasteiger partial charge < -0.3 is 10.0 Å². The molecular weight excluding hydrogens is 268 g/mol. The van der Waals surface area contributed by atoms with Crippen LogP contribution in [0.4, 0.5) is 11.4 Å². The first-order valence-electron chi connectivity index (χ1n) is 6.45. The normalized spacial score (nSPS) is 15.1. The summed E-state index contributed by atoms with van der Waals surface area (Å²) in [5.41, 5.74) is 0.643. The number of hydrogen-bond acceptors (Lipinski definition) is 4. The van der Waals surface area contributed by atoms with Gasteiger partial charge in [0.2, 0.25) is 0 Å². The molecule has 1 saturated carbocycles. The topological polar surface area (TPSA) is 66.6 Å². The second-order valence-electron chi connectivity index (χ2n) is 4.75. The predicted octanol–water partition coefficient (Wildman–Crippen LogP) is 2.99. The van der Waals surface area contributed by atoms with Gasteiger partial charge in [-0.05, 0) is 37.8 Å². The Balaban J connectivity index is 2.33. The molecule has 104 valence electrons. The Morgan fingerprint density at radius 2 is 2.21 bits per heavy atom. The largest absolute Gasteiger partial charge is 0.396 e. The lowest BCUT2D eigenvalue weighted by atomic mass is 9.90. The number of anilines is 1. The minimum absolute atomic E-state index is 0.0780. The van der Waals surface area contributed by atoms with E-state index in [-0.39, 0.29) is 17.2 Å². The van der Waals surface area contributed by atoms with Crippen LogP contribution < -0.4 is 4.90 Å². The number of aliphatic hydroxyl groups excluding tert-OH is 1. The zero-order valence-electron chi connectivity index (χ0n) is 10.6. The maximum Gasteiger partial charge on any atom is 0.292 e. The van der Waals surface area contributed by atoms with E-state index in [1.807, 2.05) is 4.90 Å². The minimum atomic E-state index is -0.379. The molecule has 1 aliphatic rings. The molecule has 0 aromatic heterocycles. The fourth-order valence-electron chi connectivity index (χ4n) is 2.32. The molecule has 0 heterocycles. The van der Waals surface area contributed by atoms with Crippen molar-refractivity contribution in [1.29, 1.82) is 0 Å². The summed E-state index contributed by atoms with van der Waals surface area (Å²) in [7, 11) is 0. The van der Waals surface area contributed by atoms with Crippen molar-refractivity contribution >= 4 is 23.0 Å². The highest BCUT2D eigenvalue weighted by Gasteiger charge is 2.29. The van der Waals surface area contributed by atoms with Crippen LogP contribution in [0.1, 0.15) is 25.7 Å². The maximum atomic E-state index is 11.1. The van der Waals surface area contributed by atoms with Crippen molar-refractivity contribution < 1.29 is 10.0 Å². The first kappa shape index (κ1) is 14.1. The van der Waals surface area contributed by atoms with Crippen molar-refractivity contribution in [2.45, 2.75) is 31.7 Å². The number of benzene rings is 1. The molecule has 1 aromatic rings. The van der Waals surface area contributed by atoms with Gasteiger partial charge in [-0.15, -0.1) is 0 Å². The second kappa shape index (κ2) is 6.21. The van der Waals surface area contributed by atoms with E-state index < -0.39 is 0 Å². The Morgan fingerprint density at radius 3 is 2.74 bits per heavy atom. The molecule has 0 saturated heterocycles. The van der Waals surface area contributed by atoms with Gasteiger partial charge in [-0.1, -0.05) is 11.6 Å². The summed E-state index contributed by atoms with van der Waals surface area (Å²) < 4.78 is 0. The van der Waals surface area contributed by atoms with Crippen LogP contribution in [0.15, 0.2) is 18.2 Å². The number of nitrogens with zero attached hydrogens (tertiary/aromatic N) is 2. The highest BCUT2D eigenvalue weighted by atomic mass is 35.5. The SMILES string of the molecule is O=[N+]([O-])c1ccc(Cl)cc1N(CCCO)C1CCC1. The van der Waals surface area contributed by atoms with E-state index in [0.717, 1.165) is 19.3 Å². The number of nitro groups is 1. The van der Waals surface area contributed by atoms with Crippen molar-refractivity contribution in [2.75, 3.05) is 18.1 Å². The van der Waals surface area contributed by atoms with E-state index in [0.29, 0.717) is 29.7 Å². The van der Waals surface area contributed by atoms with Crippen LogP contribution in [-0.4, -0.2) is 29.2 Å². The molecule has 0 radical (unpaired) electrons. The van der Waals surface area contributed by atoms with Crippen molar-refractivity contribution in [3.05, 3.63) is 33.3 Å². The molecule has 0 spiro atoms. The molecule has 5 nitrogen and oxygen atoms in total. The third-order valence-electron chi connectivity index (χ3n) is 3.52. The number of aliphatic hydroxyl groups is 1. The van der Waals surface area contributed by atoms with E-state index in [1.165, 1.54) is 12.1 Å². The number of nitro benzene ring substituents is 1. The number of halogens is 1. The van der Waals surface area contributed by atoms with E-state index in [4.69, 9.17) is 16.7 Å². The van der Waals surface area contributed by atoms with Gasteiger partial charge in [0.15, 0.2) is 0 Å². The molecule has 1 N–H and O–H groups in total.